The van der Waals surface area contributed by atoms with Gasteiger partial charge in [0.2, 0.25) is 11.8 Å². The number of rotatable bonds is 10. The maximum Gasteiger partial charge on any atom is 0.416 e. The molecule has 0 spiro atoms. The SMILES string of the molecule is C=CC1CC1(NC(=O)[C@@H]1C[C@@H](OC(=O)Nc2cc(C(F)(F)F)ccc2N2CCCCC2)CN1C(=O)[C@@H](NC(=O)OC1CCCC1)C(C)(C)C)P(=O)(O)O. The van der Waals surface area contributed by atoms with Crippen LogP contribution in [0.1, 0.15) is 84.1 Å². The molecular formula is C35H49F3N5O9P. The van der Waals surface area contributed by atoms with Crippen molar-refractivity contribution in [1.29, 1.82) is 0 Å². The Balaban J connectivity index is 1.39. The molecule has 294 valence electrons. The van der Waals surface area contributed by atoms with E-state index in [4.69, 9.17) is 9.47 Å². The Bertz CT molecular complexity index is 1620. The number of carbonyl (C=O) groups is 4. The Morgan fingerprint density at radius 1 is 1.00 bits per heavy atom. The lowest BCUT2D eigenvalue weighted by atomic mass is 9.85. The third-order valence-electron chi connectivity index (χ3n) is 10.5. The molecule has 4 amide bonds. The molecule has 0 radical (unpaired) electrons. The smallest absolute Gasteiger partial charge is 0.416 e. The minimum absolute atomic E-state index is 0.0922. The lowest BCUT2D eigenvalue weighted by Gasteiger charge is -2.35. The standard InChI is InChI=1S/C35H49F3N5O9P/c1-5-21-19-34(21,53(48,49)50)41-29(44)27-18-24(20-43(27)30(45)28(33(2,3)4)40-32(47)51-23-11-7-8-12-23)52-31(46)39-25-17-22(35(36,37)38)13-14-26(25)42-15-9-6-10-16-42/h5,13-14,17,21,23-24,27-28H,1,6-12,15-16,18-20H2,2-4H3,(H,39,46)(H,40,47)(H,41,44)(H2,48,49,50)/t21?,24-,27+,28-,34?/m1/s1. The highest BCUT2D eigenvalue weighted by Crippen LogP contribution is 2.67. The number of hydrogen-bond acceptors (Lipinski definition) is 8. The Labute approximate surface area is 306 Å². The Morgan fingerprint density at radius 3 is 2.21 bits per heavy atom. The molecule has 53 heavy (non-hydrogen) atoms. The zero-order valence-corrected chi connectivity index (χ0v) is 31.0. The summed E-state index contributed by atoms with van der Waals surface area (Å²) in [6, 6.07) is 0.402. The summed E-state index contributed by atoms with van der Waals surface area (Å²) in [6.45, 7) is 9.43. The highest BCUT2D eigenvalue weighted by atomic mass is 31.2. The minimum Gasteiger partial charge on any atom is -0.446 e. The second-order valence-corrected chi connectivity index (χ2v) is 17.3. The van der Waals surface area contributed by atoms with Crippen molar-refractivity contribution < 1.29 is 56.2 Å². The van der Waals surface area contributed by atoms with Gasteiger partial charge in [-0.3, -0.25) is 19.5 Å². The average molecular weight is 772 g/mol. The Hall–Kier alpha value is -3.82. The number of nitrogens with zero attached hydrogens (tertiary/aromatic N) is 2. The van der Waals surface area contributed by atoms with Crippen molar-refractivity contribution in [2.75, 3.05) is 29.9 Å². The van der Waals surface area contributed by atoms with Crippen molar-refractivity contribution in [1.82, 2.24) is 15.5 Å². The topological polar surface area (TPSA) is 187 Å². The predicted molar refractivity (Wildman–Crippen MR) is 188 cm³/mol. The maximum absolute atomic E-state index is 14.3. The van der Waals surface area contributed by atoms with E-state index < -0.39 is 78.1 Å². The van der Waals surface area contributed by atoms with Gasteiger partial charge in [-0.05, 0) is 75.0 Å². The largest absolute Gasteiger partial charge is 0.446 e. The van der Waals surface area contributed by atoms with Gasteiger partial charge >= 0.3 is 26.0 Å². The number of benzene rings is 1. The first-order valence-electron chi connectivity index (χ1n) is 17.9. The molecule has 2 saturated carbocycles. The van der Waals surface area contributed by atoms with Gasteiger partial charge in [0.1, 0.15) is 29.6 Å². The molecule has 2 unspecified atom stereocenters. The minimum atomic E-state index is -4.92. The number of likely N-dealkylation sites (tertiary alicyclic amines) is 1. The molecule has 2 saturated heterocycles. The van der Waals surface area contributed by atoms with Crippen LogP contribution < -0.4 is 20.9 Å². The van der Waals surface area contributed by atoms with Crippen LogP contribution in [0.4, 0.5) is 34.1 Å². The van der Waals surface area contributed by atoms with Gasteiger partial charge in [0.15, 0.2) is 0 Å². The third kappa shape index (κ3) is 9.29. The van der Waals surface area contributed by atoms with Gasteiger partial charge in [-0.2, -0.15) is 13.2 Å². The van der Waals surface area contributed by atoms with Gasteiger partial charge in [-0.25, -0.2) is 9.59 Å². The number of hydrogen-bond donors (Lipinski definition) is 5. The number of carbonyl (C=O) groups excluding carboxylic acids is 4. The summed E-state index contributed by atoms with van der Waals surface area (Å²) in [5.74, 6) is -2.41. The van der Waals surface area contributed by atoms with Gasteiger partial charge in [0, 0.05) is 25.4 Å². The first kappa shape index (κ1) is 40.4. The lowest BCUT2D eigenvalue weighted by Crippen LogP contribution is -2.58. The molecule has 5 rings (SSSR count). The van der Waals surface area contributed by atoms with Crippen molar-refractivity contribution in [2.45, 2.75) is 114 Å². The van der Waals surface area contributed by atoms with Gasteiger partial charge in [-0.1, -0.05) is 26.8 Å². The highest BCUT2D eigenvalue weighted by Gasteiger charge is 2.66. The number of nitrogens with one attached hydrogen (secondary N) is 3. The highest BCUT2D eigenvalue weighted by molar-refractivity contribution is 7.54. The van der Waals surface area contributed by atoms with Crippen molar-refractivity contribution >= 4 is 43.0 Å². The molecule has 14 nitrogen and oxygen atoms in total. The van der Waals surface area contributed by atoms with E-state index >= 15 is 0 Å². The third-order valence-corrected chi connectivity index (χ3v) is 12.1. The van der Waals surface area contributed by atoms with Crippen LogP contribution in [0.3, 0.4) is 0 Å². The fourth-order valence-corrected chi connectivity index (χ4v) is 8.64. The van der Waals surface area contributed by atoms with Crippen LogP contribution in [0.25, 0.3) is 0 Å². The summed E-state index contributed by atoms with van der Waals surface area (Å²) in [7, 11) is -4.92. The Kier molecular flexibility index (Phi) is 11.8. The molecule has 2 heterocycles. The quantitative estimate of drug-likeness (QED) is 0.150. The summed E-state index contributed by atoms with van der Waals surface area (Å²) in [4.78, 5) is 77.7. The predicted octanol–water partition coefficient (Wildman–Crippen LogP) is 5.49. The molecular weight excluding hydrogens is 722 g/mol. The first-order chi connectivity index (χ1) is 24.7. The van der Waals surface area contributed by atoms with Gasteiger partial charge in [-0.15, -0.1) is 6.58 Å². The molecule has 2 aliphatic heterocycles. The van der Waals surface area contributed by atoms with Crippen molar-refractivity contribution in [3.8, 4) is 0 Å². The van der Waals surface area contributed by atoms with Crippen LogP contribution in [0, 0.1) is 11.3 Å². The van der Waals surface area contributed by atoms with E-state index in [0.29, 0.717) is 31.6 Å². The molecule has 4 aliphatic rings. The van der Waals surface area contributed by atoms with E-state index in [9.17, 15) is 46.7 Å². The van der Waals surface area contributed by atoms with Gasteiger partial charge in [0.05, 0.1) is 23.5 Å². The van der Waals surface area contributed by atoms with Crippen LogP contribution in [0.5, 0.6) is 0 Å². The van der Waals surface area contributed by atoms with E-state index in [1.807, 2.05) is 4.90 Å². The Morgan fingerprint density at radius 2 is 1.64 bits per heavy atom. The monoisotopic (exact) mass is 771 g/mol. The first-order valence-corrected chi connectivity index (χ1v) is 19.6. The summed E-state index contributed by atoms with van der Waals surface area (Å²) < 4.78 is 64.7. The van der Waals surface area contributed by atoms with Crippen LogP contribution >= 0.6 is 7.60 Å². The van der Waals surface area contributed by atoms with E-state index in [1.54, 1.807) is 20.8 Å². The summed E-state index contributed by atoms with van der Waals surface area (Å²) in [5, 5.41) is 5.56. The van der Waals surface area contributed by atoms with Crippen molar-refractivity contribution in [2.24, 2.45) is 11.3 Å². The van der Waals surface area contributed by atoms with Crippen LogP contribution in [-0.4, -0.2) is 87.9 Å². The molecule has 18 heteroatoms. The molecule has 0 aromatic heterocycles. The number of ether oxygens (including phenoxy) is 2. The van der Waals surface area contributed by atoms with Crippen molar-refractivity contribution in [3.05, 3.63) is 36.4 Å². The van der Waals surface area contributed by atoms with Crippen LogP contribution in [-0.2, 0) is 29.8 Å². The maximum atomic E-state index is 14.3. The number of alkyl halides is 3. The second kappa shape index (κ2) is 15.5. The molecule has 5 atom stereocenters. The molecule has 0 bridgehead atoms. The zero-order chi connectivity index (χ0) is 38.9. The summed E-state index contributed by atoms with van der Waals surface area (Å²) in [6.07, 6.45) is -1.45. The van der Waals surface area contributed by atoms with Crippen LogP contribution in [0.15, 0.2) is 30.9 Å². The lowest BCUT2D eigenvalue weighted by molar-refractivity contribution is -0.142. The zero-order valence-electron chi connectivity index (χ0n) is 30.1. The van der Waals surface area contributed by atoms with E-state index in [1.165, 1.54) is 12.1 Å². The van der Waals surface area contributed by atoms with E-state index in [2.05, 4.69) is 22.5 Å². The summed E-state index contributed by atoms with van der Waals surface area (Å²) >= 11 is 0. The number of alkyl carbamates (subject to hydrolysis) is 1. The number of piperidine rings is 1. The molecule has 2 aliphatic carbocycles. The van der Waals surface area contributed by atoms with Gasteiger partial charge in [0.25, 0.3) is 0 Å². The fourth-order valence-electron chi connectivity index (χ4n) is 7.42. The molecule has 5 N–H and O–H groups in total. The average Bonchev–Trinajstić information content (AvgIpc) is 3.34. The molecule has 4 fully saturated rings. The van der Waals surface area contributed by atoms with Crippen molar-refractivity contribution in [3.63, 3.8) is 0 Å². The van der Waals surface area contributed by atoms with Crippen LogP contribution in [0.2, 0.25) is 0 Å². The number of halogens is 3. The second-order valence-electron chi connectivity index (χ2n) is 15.4. The van der Waals surface area contributed by atoms with E-state index in [0.717, 1.165) is 49.1 Å². The summed E-state index contributed by atoms with van der Waals surface area (Å²) in [5.41, 5.74) is -1.65. The van der Waals surface area contributed by atoms with E-state index in [-0.39, 0.29) is 31.2 Å². The molecule has 1 aromatic carbocycles. The number of anilines is 2. The fraction of sp³-hybridized carbons (Fsp3) is 0.657. The normalized spacial score (nSPS) is 25.7. The number of amides is 4. The molecule has 1 aromatic rings. The van der Waals surface area contributed by atoms with Gasteiger partial charge < -0.3 is 39.7 Å².